The quantitative estimate of drug-likeness (QED) is 0.777. The summed E-state index contributed by atoms with van der Waals surface area (Å²) in [7, 11) is -3.75. The number of halogens is 1. The lowest BCUT2D eigenvalue weighted by atomic mass is 10.1. The van der Waals surface area contributed by atoms with Crippen LogP contribution in [-0.2, 0) is 26.2 Å². The first-order valence-electron chi connectivity index (χ1n) is 7.72. The molecule has 2 aliphatic rings. The molecule has 2 fully saturated rings. The summed E-state index contributed by atoms with van der Waals surface area (Å²) < 4.78 is 26.7. The van der Waals surface area contributed by atoms with Gasteiger partial charge < -0.3 is 9.88 Å². The Labute approximate surface area is 148 Å². The Balaban J connectivity index is 1.51. The van der Waals surface area contributed by atoms with Gasteiger partial charge in [-0.25, -0.2) is 4.72 Å². The Morgan fingerprint density at radius 3 is 2.92 bits per heavy atom. The number of piperazine rings is 1. The molecule has 1 unspecified atom stereocenters. The second kappa shape index (κ2) is 5.72. The van der Waals surface area contributed by atoms with Gasteiger partial charge >= 0.3 is 10.2 Å². The van der Waals surface area contributed by atoms with Gasteiger partial charge in [0, 0.05) is 41.8 Å². The molecule has 0 spiro atoms. The Bertz CT molecular complexity index is 987. The topological polar surface area (TPSA) is 103 Å². The largest absolute Gasteiger partial charge is 0.361 e. The second-order valence-electron chi connectivity index (χ2n) is 6.12. The molecule has 8 nitrogen and oxygen atoms in total. The number of fused-ring (bicyclic) bond motifs is 2. The summed E-state index contributed by atoms with van der Waals surface area (Å²) in [6.45, 7) is 0.441. The van der Waals surface area contributed by atoms with Crippen LogP contribution in [0.4, 0.5) is 0 Å². The smallest absolute Gasteiger partial charge is 0.304 e. The molecule has 2 aromatic rings. The van der Waals surface area contributed by atoms with Crippen LogP contribution in [0.15, 0.2) is 24.4 Å². The number of aromatic nitrogens is 1. The number of nitrogens with one attached hydrogen (secondary N) is 2. The monoisotopic (exact) mass is 382 g/mol. The lowest BCUT2D eigenvalue weighted by Gasteiger charge is -2.34. The summed E-state index contributed by atoms with van der Waals surface area (Å²) in [6, 6.07) is 4.56. The van der Waals surface area contributed by atoms with Crippen molar-refractivity contribution in [3.63, 3.8) is 0 Å². The third-order valence-corrected chi connectivity index (χ3v) is 6.34. The van der Waals surface area contributed by atoms with E-state index in [0.29, 0.717) is 5.02 Å². The normalized spacial score (nSPS) is 22.8. The molecule has 10 heteroatoms. The maximum atomic E-state index is 12.6. The standard InChI is InChI=1S/C15H15ClN4O4S/c16-10-1-2-11-9(7-17-12(11)6-10)5-14(21)19-3-4-20-13(8-19)15(22)18-25(20,23)24/h1-2,6-7,13,17H,3-5,8H2,(H,18,22). The SMILES string of the molecule is O=C1NS(=O)(=O)N2CCN(C(=O)Cc3c[nH]c4cc(Cl)ccc34)CC12. The Kier molecular flexibility index (Phi) is 3.75. The van der Waals surface area contributed by atoms with Gasteiger partial charge in [-0.3, -0.25) is 9.59 Å². The molecule has 2 saturated heterocycles. The van der Waals surface area contributed by atoms with Crippen LogP contribution >= 0.6 is 11.6 Å². The number of amides is 2. The molecule has 2 amide bonds. The predicted molar refractivity (Wildman–Crippen MR) is 91.1 cm³/mol. The lowest BCUT2D eigenvalue weighted by molar-refractivity contribution is -0.134. The molecule has 1 aromatic heterocycles. The number of carbonyl (C=O) groups excluding carboxylic acids is 2. The molecule has 0 bridgehead atoms. The maximum Gasteiger partial charge on any atom is 0.304 e. The van der Waals surface area contributed by atoms with Crippen molar-refractivity contribution in [2.75, 3.05) is 19.6 Å². The average Bonchev–Trinajstić information content (AvgIpc) is 3.05. The summed E-state index contributed by atoms with van der Waals surface area (Å²) in [5.41, 5.74) is 1.68. The van der Waals surface area contributed by atoms with Crippen molar-refractivity contribution in [1.29, 1.82) is 0 Å². The highest BCUT2D eigenvalue weighted by Crippen LogP contribution is 2.24. The zero-order chi connectivity index (χ0) is 17.8. The molecule has 1 atom stereocenters. The van der Waals surface area contributed by atoms with E-state index in [-0.39, 0.29) is 32.0 Å². The predicted octanol–water partition coefficient (Wildman–Crippen LogP) is 0.251. The van der Waals surface area contributed by atoms with E-state index in [9.17, 15) is 18.0 Å². The summed E-state index contributed by atoms with van der Waals surface area (Å²) in [4.78, 5) is 29.1. The third kappa shape index (κ3) is 2.78. The van der Waals surface area contributed by atoms with Crippen LogP contribution in [0, 0.1) is 0 Å². The molecule has 2 N–H and O–H groups in total. The summed E-state index contributed by atoms with van der Waals surface area (Å²) in [5, 5.41) is 1.52. The number of nitrogens with zero attached hydrogens (tertiary/aromatic N) is 2. The van der Waals surface area contributed by atoms with Gasteiger partial charge in [0.25, 0.3) is 5.91 Å². The zero-order valence-corrected chi connectivity index (χ0v) is 14.6. The molecule has 132 valence electrons. The molecule has 2 aliphatic heterocycles. The fraction of sp³-hybridized carbons (Fsp3) is 0.333. The first-order valence-corrected chi connectivity index (χ1v) is 9.54. The van der Waals surface area contributed by atoms with Gasteiger partial charge in [-0.2, -0.15) is 12.7 Å². The number of H-pyrrole nitrogens is 1. The number of hydrogen-bond acceptors (Lipinski definition) is 4. The number of hydrogen-bond donors (Lipinski definition) is 2. The first kappa shape index (κ1) is 16.4. The Morgan fingerprint density at radius 1 is 1.32 bits per heavy atom. The zero-order valence-electron chi connectivity index (χ0n) is 13.0. The van der Waals surface area contributed by atoms with Crippen molar-refractivity contribution in [2.45, 2.75) is 12.5 Å². The molecular formula is C15H15ClN4O4S. The minimum Gasteiger partial charge on any atom is -0.361 e. The van der Waals surface area contributed by atoms with Gasteiger partial charge in [0.05, 0.1) is 6.42 Å². The van der Waals surface area contributed by atoms with Crippen molar-refractivity contribution in [2.24, 2.45) is 0 Å². The number of aromatic amines is 1. The van der Waals surface area contributed by atoms with Crippen LogP contribution in [0.25, 0.3) is 10.9 Å². The summed E-state index contributed by atoms with van der Waals surface area (Å²) in [5.74, 6) is -0.730. The lowest BCUT2D eigenvalue weighted by Crippen LogP contribution is -2.55. The molecule has 25 heavy (non-hydrogen) atoms. The van der Waals surface area contributed by atoms with Crippen LogP contribution in [0.2, 0.25) is 5.02 Å². The van der Waals surface area contributed by atoms with E-state index in [1.807, 2.05) is 10.8 Å². The number of carbonyl (C=O) groups is 2. The minimum absolute atomic E-state index is 0.0675. The molecule has 0 radical (unpaired) electrons. The molecular weight excluding hydrogens is 368 g/mol. The van der Waals surface area contributed by atoms with E-state index in [4.69, 9.17) is 11.6 Å². The van der Waals surface area contributed by atoms with Gasteiger partial charge in [-0.1, -0.05) is 17.7 Å². The van der Waals surface area contributed by atoms with Gasteiger partial charge in [0.2, 0.25) is 5.91 Å². The summed E-state index contributed by atoms with van der Waals surface area (Å²) >= 11 is 5.96. The number of rotatable bonds is 2. The van der Waals surface area contributed by atoms with Crippen LogP contribution in [-0.4, -0.2) is 60.1 Å². The van der Waals surface area contributed by atoms with Crippen molar-refractivity contribution in [1.82, 2.24) is 18.9 Å². The van der Waals surface area contributed by atoms with E-state index in [1.165, 1.54) is 4.90 Å². The van der Waals surface area contributed by atoms with Gasteiger partial charge in [-0.15, -0.1) is 0 Å². The van der Waals surface area contributed by atoms with Gasteiger partial charge in [0.15, 0.2) is 0 Å². The third-order valence-electron chi connectivity index (χ3n) is 4.60. The summed E-state index contributed by atoms with van der Waals surface area (Å²) in [6.07, 6.45) is 1.94. The van der Waals surface area contributed by atoms with Crippen molar-refractivity contribution in [3.05, 3.63) is 35.0 Å². The van der Waals surface area contributed by atoms with Crippen LogP contribution in [0.3, 0.4) is 0 Å². The molecule has 0 saturated carbocycles. The second-order valence-corrected chi connectivity index (χ2v) is 8.18. The van der Waals surface area contributed by atoms with E-state index in [1.54, 1.807) is 18.3 Å². The van der Waals surface area contributed by atoms with E-state index in [2.05, 4.69) is 4.98 Å². The highest BCUT2D eigenvalue weighted by molar-refractivity contribution is 7.88. The van der Waals surface area contributed by atoms with E-state index >= 15 is 0 Å². The van der Waals surface area contributed by atoms with Crippen LogP contribution < -0.4 is 4.72 Å². The fourth-order valence-corrected chi connectivity index (χ4v) is 4.83. The Morgan fingerprint density at radius 2 is 2.12 bits per heavy atom. The van der Waals surface area contributed by atoms with Crippen molar-refractivity contribution in [3.8, 4) is 0 Å². The van der Waals surface area contributed by atoms with Gasteiger partial charge in [0.1, 0.15) is 6.04 Å². The Hall–Kier alpha value is -2.10. The number of benzene rings is 1. The first-order chi connectivity index (χ1) is 11.8. The van der Waals surface area contributed by atoms with Crippen molar-refractivity contribution < 1.29 is 18.0 Å². The highest BCUT2D eigenvalue weighted by atomic mass is 35.5. The van der Waals surface area contributed by atoms with Crippen molar-refractivity contribution >= 4 is 44.5 Å². The van der Waals surface area contributed by atoms with Gasteiger partial charge in [-0.05, 0) is 17.7 Å². The molecule has 1 aromatic carbocycles. The fourth-order valence-electron chi connectivity index (χ4n) is 3.33. The average molecular weight is 383 g/mol. The minimum atomic E-state index is -3.75. The highest BCUT2D eigenvalue weighted by Gasteiger charge is 2.47. The maximum absolute atomic E-state index is 12.6. The van der Waals surface area contributed by atoms with Crippen LogP contribution in [0.1, 0.15) is 5.56 Å². The van der Waals surface area contributed by atoms with E-state index < -0.39 is 22.2 Å². The molecule has 0 aliphatic carbocycles. The van der Waals surface area contributed by atoms with Crippen LogP contribution in [0.5, 0.6) is 0 Å². The molecule has 4 rings (SSSR count). The molecule has 3 heterocycles. The van der Waals surface area contributed by atoms with E-state index in [0.717, 1.165) is 20.8 Å².